The van der Waals surface area contributed by atoms with Crippen LogP contribution in [0.25, 0.3) is 0 Å². The predicted octanol–water partition coefficient (Wildman–Crippen LogP) is 3.11. The number of sulfonamides is 1. The van der Waals surface area contributed by atoms with Gasteiger partial charge in [0, 0.05) is 6.04 Å². The van der Waals surface area contributed by atoms with Crippen LogP contribution in [0.4, 0.5) is 0 Å². The van der Waals surface area contributed by atoms with E-state index in [4.69, 9.17) is 4.74 Å². The highest BCUT2D eigenvalue weighted by Gasteiger charge is 2.27. The minimum atomic E-state index is -3.46. The van der Waals surface area contributed by atoms with Gasteiger partial charge < -0.3 is 4.74 Å². The van der Waals surface area contributed by atoms with Crippen molar-refractivity contribution in [3.05, 3.63) is 23.8 Å². The van der Waals surface area contributed by atoms with E-state index in [2.05, 4.69) is 11.6 Å². The Labute approximate surface area is 127 Å². The molecule has 0 spiro atoms. The summed E-state index contributed by atoms with van der Waals surface area (Å²) in [5, 5.41) is 0. The van der Waals surface area contributed by atoms with Gasteiger partial charge in [-0.1, -0.05) is 26.7 Å². The molecule has 1 aromatic rings. The largest absolute Gasteiger partial charge is 0.496 e. The molecule has 0 heterocycles. The summed E-state index contributed by atoms with van der Waals surface area (Å²) in [6, 6.07) is 5.12. The molecule has 1 aliphatic carbocycles. The van der Waals surface area contributed by atoms with Gasteiger partial charge in [-0.05, 0) is 48.9 Å². The summed E-state index contributed by atoms with van der Waals surface area (Å²) in [5.41, 5.74) is 0.914. The first-order valence-corrected chi connectivity index (χ1v) is 9.15. The van der Waals surface area contributed by atoms with Crippen molar-refractivity contribution in [1.29, 1.82) is 0 Å². The zero-order chi connectivity index (χ0) is 15.5. The van der Waals surface area contributed by atoms with Crippen LogP contribution < -0.4 is 9.46 Å². The van der Waals surface area contributed by atoms with E-state index in [0.717, 1.165) is 37.0 Å². The lowest BCUT2D eigenvalue weighted by Gasteiger charge is -2.29. The fourth-order valence-electron chi connectivity index (χ4n) is 2.96. The number of methoxy groups -OCH3 is 1. The predicted molar refractivity (Wildman–Crippen MR) is 84.1 cm³/mol. The summed E-state index contributed by atoms with van der Waals surface area (Å²) < 4.78 is 33.3. The van der Waals surface area contributed by atoms with E-state index in [0.29, 0.717) is 10.8 Å². The minimum absolute atomic E-state index is 0.0518. The van der Waals surface area contributed by atoms with Crippen molar-refractivity contribution in [2.24, 2.45) is 5.92 Å². The molecule has 4 nitrogen and oxygen atoms in total. The quantitative estimate of drug-likeness (QED) is 0.909. The van der Waals surface area contributed by atoms with E-state index >= 15 is 0 Å². The molecule has 1 aliphatic rings. The molecule has 0 saturated heterocycles. The third-order valence-electron chi connectivity index (χ3n) is 4.36. The van der Waals surface area contributed by atoms with E-state index in [1.54, 1.807) is 25.3 Å². The van der Waals surface area contributed by atoms with Gasteiger partial charge in [0.05, 0.1) is 12.0 Å². The van der Waals surface area contributed by atoms with Crippen molar-refractivity contribution in [3.63, 3.8) is 0 Å². The minimum Gasteiger partial charge on any atom is -0.496 e. The first-order chi connectivity index (χ1) is 9.97. The summed E-state index contributed by atoms with van der Waals surface area (Å²) in [5.74, 6) is 1.14. The second kappa shape index (κ2) is 6.79. The Morgan fingerprint density at radius 3 is 2.62 bits per heavy atom. The normalized spacial score (nSPS) is 23.0. The Morgan fingerprint density at radius 1 is 1.29 bits per heavy atom. The molecule has 1 fully saturated rings. The molecule has 2 rings (SSSR count). The average Bonchev–Trinajstić information content (AvgIpc) is 2.48. The van der Waals surface area contributed by atoms with Gasteiger partial charge in [0.1, 0.15) is 5.75 Å². The molecule has 0 aliphatic heterocycles. The Bertz CT molecular complexity index is 583. The fourth-order valence-corrected chi connectivity index (χ4v) is 4.39. The zero-order valence-corrected chi connectivity index (χ0v) is 13.9. The molecular weight excluding hydrogens is 286 g/mol. The van der Waals surface area contributed by atoms with Crippen LogP contribution in [-0.2, 0) is 16.4 Å². The van der Waals surface area contributed by atoms with Crippen LogP contribution in [0, 0.1) is 5.92 Å². The maximum atomic E-state index is 12.6. The molecule has 2 atom stereocenters. The van der Waals surface area contributed by atoms with Crippen molar-refractivity contribution in [2.45, 2.75) is 56.9 Å². The first kappa shape index (κ1) is 16.3. The average molecular weight is 311 g/mol. The fraction of sp³-hybridized carbons (Fsp3) is 0.625. The topological polar surface area (TPSA) is 55.4 Å². The molecule has 21 heavy (non-hydrogen) atoms. The van der Waals surface area contributed by atoms with E-state index in [1.165, 1.54) is 6.42 Å². The molecule has 1 aromatic carbocycles. The number of ether oxygens (including phenoxy) is 1. The third-order valence-corrected chi connectivity index (χ3v) is 5.85. The maximum absolute atomic E-state index is 12.6. The van der Waals surface area contributed by atoms with Crippen LogP contribution in [0.15, 0.2) is 23.1 Å². The Kier molecular flexibility index (Phi) is 5.27. The van der Waals surface area contributed by atoms with Crippen LogP contribution in [-0.4, -0.2) is 21.6 Å². The number of hydrogen-bond donors (Lipinski definition) is 1. The van der Waals surface area contributed by atoms with Gasteiger partial charge in [-0.2, -0.15) is 0 Å². The Balaban J connectivity index is 2.22. The summed E-state index contributed by atoms with van der Waals surface area (Å²) in [6.45, 7) is 4.11. The lowest BCUT2D eigenvalue weighted by molar-refractivity contribution is 0.310. The maximum Gasteiger partial charge on any atom is 0.240 e. The van der Waals surface area contributed by atoms with Crippen LogP contribution >= 0.6 is 0 Å². The first-order valence-electron chi connectivity index (χ1n) is 7.67. The second-order valence-electron chi connectivity index (χ2n) is 5.82. The van der Waals surface area contributed by atoms with Gasteiger partial charge in [0.15, 0.2) is 0 Å². The van der Waals surface area contributed by atoms with E-state index in [-0.39, 0.29) is 6.04 Å². The molecule has 0 radical (unpaired) electrons. The zero-order valence-electron chi connectivity index (χ0n) is 13.1. The van der Waals surface area contributed by atoms with Crippen molar-refractivity contribution in [1.82, 2.24) is 4.72 Å². The molecular formula is C16H25NO3S. The molecule has 0 aromatic heterocycles. The second-order valence-corrected chi connectivity index (χ2v) is 7.53. The number of benzene rings is 1. The highest BCUT2D eigenvalue weighted by molar-refractivity contribution is 7.89. The SMILES string of the molecule is CCc1cc(S(=O)(=O)NC2CCCCC2C)ccc1OC. The van der Waals surface area contributed by atoms with Gasteiger partial charge >= 0.3 is 0 Å². The van der Waals surface area contributed by atoms with Gasteiger partial charge in [-0.3, -0.25) is 0 Å². The lowest BCUT2D eigenvalue weighted by Crippen LogP contribution is -2.40. The number of rotatable bonds is 5. The van der Waals surface area contributed by atoms with Crippen LogP contribution in [0.5, 0.6) is 5.75 Å². The van der Waals surface area contributed by atoms with Gasteiger partial charge in [0.25, 0.3) is 0 Å². The van der Waals surface area contributed by atoms with Crippen molar-refractivity contribution < 1.29 is 13.2 Å². The third kappa shape index (κ3) is 3.77. The van der Waals surface area contributed by atoms with Crippen LogP contribution in [0.1, 0.15) is 45.1 Å². The molecule has 2 unspecified atom stereocenters. The molecule has 0 amide bonds. The van der Waals surface area contributed by atoms with E-state index < -0.39 is 10.0 Å². The van der Waals surface area contributed by atoms with Crippen molar-refractivity contribution in [2.75, 3.05) is 7.11 Å². The lowest BCUT2D eigenvalue weighted by atomic mass is 9.87. The number of nitrogens with one attached hydrogen (secondary N) is 1. The summed E-state index contributed by atoms with van der Waals surface area (Å²) in [6.07, 6.45) is 5.06. The van der Waals surface area contributed by atoms with E-state index in [9.17, 15) is 8.42 Å². The van der Waals surface area contributed by atoms with Gasteiger partial charge in [-0.25, -0.2) is 13.1 Å². The van der Waals surface area contributed by atoms with Crippen molar-refractivity contribution >= 4 is 10.0 Å². The molecule has 118 valence electrons. The molecule has 1 N–H and O–H groups in total. The highest BCUT2D eigenvalue weighted by atomic mass is 32.2. The smallest absolute Gasteiger partial charge is 0.240 e. The summed E-state index contributed by atoms with van der Waals surface area (Å²) in [7, 11) is -1.85. The standard InChI is InChI=1S/C16H25NO3S/c1-4-13-11-14(9-10-16(13)20-3)21(18,19)17-15-8-6-5-7-12(15)2/h9-12,15,17H,4-8H2,1-3H3. The number of hydrogen-bond acceptors (Lipinski definition) is 3. The van der Waals surface area contributed by atoms with Gasteiger partial charge in [0.2, 0.25) is 10.0 Å². The monoisotopic (exact) mass is 311 g/mol. The Hall–Kier alpha value is -1.07. The Morgan fingerprint density at radius 2 is 2.00 bits per heavy atom. The van der Waals surface area contributed by atoms with Gasteiger partial charge in [-0.15, -0.1) is 0 Å². The molecule has 1 saturated carbocycles. The van der Waals surface area contributed by atoms with Crippen LogP contribution in [0.2, 0.25) is 0 Å². The van der Waals surface area contributed by atoms with Crippen LogP contribution in [0.3, 0.4) is 0 Å². The summed E-state index contributed by atoms with van der Waals surface area (Å²) >= 11 is 0. The highest BCUT2D eigenvalue weighted by Crippen LogP contribution is 2.27. The number of aryl methyl sites for hydroxylation is 1. The van der Waals surface area contributed by atoms with Crippen molar-refractivity contribution in [3.8, 4) is 5.75 Å². The molecule has 0 bridgehead atoms. The summed E-state index contributed by atoms with van der Waals surface area (Å²) in [4.78, 5) is 0.331. The van der Waals surface area contributed by atoms with E-state index in [1.807, 2.05) is 6.92 Å². The molecule has 5 heteroatoms.